The summed E-state index contributed by atoms with van der Waals surface area (Å²) in [7, 11) is -3.90. The summed E-state index contributed by atoms with van der Waals surface area (Å²) in [5.41, 5.74) is 1.45. The van der Waals surface area contributed by atoms with Gasteiger partial charge in [-0.1, -0.05) is 42.5 Å². The number of para-hydroxylation sites is 1. The van der Waals surface area contributed by atoms with Crippen molar-refractivity contribution in [2.75, 3.05) is 6.54 Å². The molecule has 1 fully saturated rings. The van der Waals surface area contributed by atoms with Gasteiger partial charge in [0.25, 0.3) is 15.9 Å². The van der Waals surface area contributed by atoms with Gasteiger partial charge in [0.05, 0.1) is 21.0 Å². The van der Waals surface area contributed by atoms with E-state index in [1.807, 2.05) is 36.4 Å². The second-order valence-corrected chi connectivity index (χ2v) is 8.86. The number of carbonyl (C=O) groups excluding carboxylic acids is 1. The number of pyridine rings is 1. The maximum Gasteiger partial charge on any atom is 0.284 e. The van der Waals surface area contributed by atoms with Crippen LogP contribution in [0.4, 0.5) is 0 Å². The number of hydrogen-bond donors (Lipinski definition) is 0. The van der Waals surface area contributed by atoms with Crippen molar-refractivity contribution in [3.8, 4) is 0 Å². The van der Waals surface area contributed by atoms with Crippen molar-refractivity contribution in [1.82, 2.24) is 9.88 Å². The number of rotatable bonds is 4. The van der Waals surface area contributed by atoms with Crippen molar-refractivity contribution >= 4 is 49.8 Å². The lowest BCUT2D eigenvalue weighted by Gasteiger charge is -2.11. The first kappa shape index (κ1) is 19.4. The SMILES string of the molecule is CCN1C(=O)/C(=C\c2ccc3ccccc3n2)S/C1=N\S(=O)(=O)c1ccccc1. The van der Waals surface area contributed by atoms with Crippen LogP contribution >= 0.6 is 11.8 Å². The van der Waals surface area contributed by atoms with Gasteiger partial charge in [-0.15, -0.1) is 4.40 Å². The minimum absolute atomic E-state index is 0.0882. The summed E-state index contributed by atoms with van der Waals surface area (Å²) in [6, 6.07) is 19.4. The number of sulfonamides is 1. The van der Waals surface area contributed by atoms with Crippen LogP contribution in [0.3, 0.4) is 0 Å². The predicted octanol–water partition coefficient (Wildman–Crippen LogP) is 3.92. The molecule has 1 aliphatic heterocycles. The number of aromatic nitrogens is 1. The lowest BCUT2D eigenvalue weighted by molar-refractivity contribution is -0.122. The summed E-state index contributed by atoms with van der Waals surface area (Å²) in [5.74, 6) is -0.283. The number of nitrogens with zero attached hydrogens (tertiary/aromatic N) is 3. The molecule has 1 aromatic heterocycles. The molecule has 0 saturated carbocycles. The van der Waals surface area contributed by atoms with Gasteiger partial charge < -0.3 is 0 Å². The highest BCUT2D eigenvalue weighted by atomic mass is 32.2. The highest BCUT2D eigenvalue weighted by molar-refractivity contribution is 8.19. The standard InChI is InChI=1S/C21H17N3O3S2/c1-2-24-20(25)19(14-16-13-12-15-8-6-7-11-18(15)22-16)28-21(24)23-29(26,27)17-9-4-3-5-10-17/h3-14H,2H2,1H3/b19-14+,23-21-. The Kier molecular flexibility index (Phi) is 5.21. The number of thioether (sulfide) groups is 1. The molecule has 6 nitrogen and oxygen atoms in total. The van der Waals surface area contributed by atoms with E-state index in [2.05, 4.69) is 9.38 Å². The van der Waals surface area contributed by atoms with Gasteiger partial charge in [-0.2, -0.15) is 8.42 Å². The molecule has 3 aromatic rings. The minimum atomic E-state index is -3.90. The molecule has 1 amide bonds. The molecule has 0 N–H and O–H groups in total. The summed E-state index contributed by atoms with van der Waals surface area (Å²) in [6.07, 6.45) is 1.67. The Balaban J connectivity index is 1.70. The van der Waals surface area contributed by atoms with Crippen molar-refractivity contribution in [2.24, 2.45) is 4.40 Å². The van der Waals surface area contributed by atoms with Crippen LogP contribution in [-0.4, -0.2) is 35.9 Å². The van der Waals surface area contributed by atoms with E-state index in [-0.39, 0.29) is 16.0 Å². The number of hydrogen-bond acceptors (Lipinski definition) is 5. The number of fused-ring (bicyclic) bond motifs is 1. The van der Waals surface area contributed by atoms with Gasteiger partial charge in [0.1, 0.15) is 0 Å². The number of likely N-dealkylation sites (N-methyl/N-ethyl adjacent to an activating group) is 1. The van der Waals surface area contributed by atoms with Crippen molar-refractivity contribution in [1.29, 1.82) is 0 Å². The number of carbonyl (C=O) groups is 1. The summed E-state index contributed by atoms with van der Waals surface area (Å²) in [4.78, 5) is 19.2. The fourth-order valence-electron chi connectivity index (χ4n) is 2.90. The summed E-state index contributed by atoms with van der Waals surface area (Å²) in [6.45, 7) is 2.10. The third kappa shape index (κ3) is 3.94. The monoisotopic (exact) mass is 423 g/mol. The molecule has 0 spiro atoms. The van der Waals surface area contributed by atoms with Crippen molar-refractivity contribution in [3.05, 3.63) is 77.3 Å². The van der Waals surface area contributed by atoms with E-state index in [1.165, 1.54) is 17.0 Å². The maximum atomic E-state index is 12.8. The van der Waals surface area contributed by atoms with Gasteiger partial charge in [0.15, 0.2) is 5.17 Å². The average Bonchev–Trinajstić information content (AvgIpc) is 3.02. The van der Waals surface area contributed by atoms with E-state index >= 15 is 0 Å². The Morgan fingerprint density at radius 3 is 2.52 bits per heavy atom. The van der Waals surface area contributed by atoms with E-state index in [0.717, 1.165) is 22.7 Å². The molecule has 1 saturated heterocycles. The van der Waals surface area contributed by atoms with Crippen LogP contribution in [0.15, 0.2) is 80.9 Å². The Morgan fingerprint density at radius 1 is 1.03 bits per heavy atom. The minimum Gasteiger partial charge on any atom is -0.286 e. The first-order valence-corrected chi connectivity index (χ1v) is 11.2. The molecule has 146 valence electrons. The summed E-state index contributed by atoms with van der Waals surface area (Å²) < 4.78 is 29.1. The summed E-state index contributed by atoms with van der Waals surface area (Å²) >= 11 is 1.04. The number of amides is 1. The lowest BCUT2D eigenvalue weighted by atomic mass is 10.2. The van der Waals surface area contributed by atoms with Gasteiger partial charge in [-0.25, -0.2) is 4.98 Å². The molecule has 1 aliphatic rings. The predicted molar refractivity (Wildman–Crippen MR) is 116 cm³/mol. The molecular weight excluding hydrogens is 406 g/mol. The Hall–Kier alpha value is -2.97. The molecule has 0 aliphatic carbocycles. The highest BCUT2D eigenvalue weighted by Crippen LogP contribution is 2.33. The van der Waals surface area contributed by atoms with E-state index in [1.54, 1.807) is 31.2 Å². The second-order valence-electron chi connectivity index (χ2n) is 6.25. The lowest BCUT2D eigenvalue weighted by Crippen LogP contribution is -2.29. The van der Waals surface area contributed by atoms with Crippen LogP contribution in [-0.2, 0) is 14.8 Å². The van der Waals surface area contributed by atoms with Crippen LogP contribution in [0.5, 0.6) is 0 Å². The quantitative estimate of drug-likeness (QED) is 0.595. The maximum absolute atomic E-state index is 12.8. The first-order chi connectivity index (χ1) is 14.0. The van der Waals surface area contributed by atoms with Gasteiger partial charge in [-0.3, -0.25) is 9.69 Å². The Labute approximate surface area is 173 Å². The molecular formula is C21H17N3O3S2. The first-order valence-electron chi connectivity index (χ1n) is 8.95. The molecule has 4 rings (SSSR count). The fraction of sp³-hybridized carbons (Fsp3) is 0.0952. The molecule has 0 unspecified atom stereocenters. The van der Waals surface area contributed by atoms with Crippen LogP contribution in [0.2, 0.25) is 0 Å². The van der Waals surface area contributed by atoms with Crippen LogP contribution < -0.4 is 0 Å². The zero-order valence-corrected chi connectivity index (χ0v) is 17.2. The number of benzene rings is 2. The molecule has 29 heavy (non-hydrogen) atoms. The van der Waals surface area contributed by atoms with Gasteiger partial charge >= 0.3 is 0 Å². The molecule has 8 heteroatoms. The third-order valence-corrected chi connectivity index (χ3v) is 6.75. The molecule has 2 aromatic carbocycles. The van der Waals surface area contributed by atoms with Crippen molar-refractivity contribution in [2.45, 2.75) is 11.8 Å². The summed E-state index contributed by atoms with van der Waals surface area (Å²) in [5, 5.41) is 1.15. The van der Waals surface area contributed by atoms with E-state index in [0.29, 0.717) is 17.1 Å². The van der Waals surface area contributed by atoms with Crippen molar-refractivity contribution < 1.29 is 13.2 Å². The highest BCUT2D eigenvalue weighted by Gasteiger charge is 2.34. The third-order valence-electron chi connectivity index (χ3n) is 4.34. The zero-order valence-electron chi connectivity index (χ0n) is 15.5. The van der Waals surface area contributed by atoms with Crippen molar-refractivity contribution in [3.63, 3.8) is 0 Å². The Morgan fingerprint density at radius 2 is 1.76 bits per heavy atom. The largest absolute Gasteiger partial charge is 0.286 e. The van der Waals surface area contributed by atoms with Gasteiger partial charge in [0.2, 0.25) is 0 Å². The smallest absolute Gasteiger partial charge is 0.284 e. The second kappa shape index (κ2) is 7.81. The molecule has 0 bridgehead atoms. The topological polar surface area (TPSA) is 79.7 Å². The van der Waals surface area contributed by atoms with E-state index in [9.17, 15) is 13.2 Å². The normalized spacial score (nSPS) is 17.6. The Bertz CT molecular complexity index is 1250. The molecule has 2 heterocycles. The van der Waals surface area contributed by atoms with E-state index < -0.39 is 10.0 Å². The average molecular weight is 424 g/mol. The fourth-order valence-corrected chi connectivity index (χ4v) is 5.15. The van der Waals surface area contributed by atoms with Crippen LogP contribution in [0, 0.1) is 0 Å². The molecule has 0 radical (unpaired) electrons. The molecule has 0 atom stereocenters. The van der Waals surface area contributed by atoms with Crippen LogP contribution in [0.25, 0.3) is 17.0 Å². The zero-order chi connectivity index (χ0) is 20.4. The van der Waals surface area contributed by atoms with Gasteiger partial charge in [-0.05, 0) is 49.0 Å². The van der Waals surface area contributed by atoms with E-state index in [4.69, 9.17) is 0 Å². The number of amidine groups is 1. The van der Waals surface area contributed by atoms with Gasteiger partial charge in [0, 0.05) is 11.9 Å². The van der Waals surface area contributed by atoms with Crippen LogP contribution in [0.1, 0.15) is 12.6 Å².